The van der Waals surface area contributed by atoms with Crippen LogP contribution in [0.4, 0.5) is 0 Å². The van der Waals surface area contributed by atoms with Gasteiger partial charge in [-0.25, -0.2) is 4.84 Å². The summed E-state index contributed by atoms with van der Waals surface area (Å²) in [6.45, 7) is 16.0. The van der Waals surface area contributed by atoms with E-state index in [9.17, 15) is 0 Å². The second-order valence-electron chi connectivity index (χ2n) is 10.7. The van der Waals surface area contributed by atoms with Gasteiger partial charge in [0, 0.05) is 11.1 Å². The van der Waals surface area contributed by atoms with Crippen molar-refractivity contribution in [1.82, 2.24) is 10.4 Å². The Morgan fingerprint density at radius 2 is 1.60 bits per heavy atom. The second-order valence-corrected chi connectivity index (χ2v) is 10.7. The smallest absolute Gasteiger partial charge is 0.280 e. The van der Waals surface area contributed by atoms with E-state index in [-0.39, 0.29) is 22.7 Å². The molecule has 0 unspecified atom stereocenters. The molecule has 0 bridgehead atoms. The summed E-state index contributed by atoms with van der Waals surface area (Å²) in [4.78, 5) is 6.66. The van der Waals surface area contributed by atoms with Gasteiger partial charge in [-0.1, -0.05) is 19.3 Å². The minimum atomic E-state index is -0.880. The van der Waals surface area contributed by atoms with Gasteiger partial charge in [0.1, 0.15) is 5.60 Å². The Bertz CT molecular complexity index is 550. The van der Waals surface area contributed by atoms with E-state index < -0.39 is 11.5 Å². The molecule has 1 N–H and O–H groups in total. The molecule has 3 aliphatic heterocycles. The predicted octanol–water partition coefficient (Wildman–Crippen LogP) is 3.58. The Morgan fingerprint density at radius 3 is 2.04 bits per heavy atom. The van der Waals surface area contributed by atoms with Gasteiger partial charge in [0.05, 0.1) is 12.6 Å². The number of ether oxygens (including phenoxy) is 2. The first-order chi connectivity index (χ1) is 11.4. The molecule has 144 valence electrons. The van der Waals surface area contributed by atoms with E-state index in [1.54, 1.807) is 0 Å². The molecule has 4 aliphatic rings. The summed E-state index contributed by atoms with van der Waals surface area (Å²) in [5, 5.41) is 5.89. The van der Waals surface area contributed by atoms with E-state index in [2.05, 4.69) is 58.8 Å². The first-order valence-electron chi connectivity index (χ1n) is 10.1. The molecule has 4 fully saturated rings. The standard InChI is InChI=1S/C20H36N2O3/c1-16(2,3)22-15(14-11-9-8-10-12-14)19(18(6,7)24-19)20(25-22)21-17(4,5)13-23-20/h14-15,21H,8-13H2,1-7H3/t15-,19+,20+/m1/s1. The quantitative estimate of drug-likeness (QED) is 0.731. The van der Waals surface area contributed by atoms with Crippen molar-refractivity contribution in [2.75, 3.05) is 6.61 Å². The van der Waals surface area contributed by atoms with E-state index in [1.807, 2.05) is 0 Å². The number of hydrogen-bond donors (Lipinski definition) is 1. The fourth-order valence-electron chi connectivity index (χ4n) is 5.46. The fraction of sp³-hybridized carbons (Fsp3) is 1.00. The SMILES string of the molecule is CC1(C)CO[C@]2(N1)ON(C(C)(C)C)[C@H](C1CCCCC1)[C@@]21OC1(C)C. The molecule has 3 saturated heterocycles. The Labute approximate surface area is 152 Å². The predicted molar refractivity (Wildman–Crippen MR) is 96.8 cm³/mol. The van der Waals surface area contributed by atoms with Gasteiger partial charge >= 0.3 is 0 Å². The maximum absolute atomic E-state index is 6.66. The highest BCUT2D eigenvalue weighted by molar-refractivity contribution is 5.29. The van der Waals surface area contributed by atoms with E-state index in [1.165, 1.54) is 32.1 Å². The highest BCUT2D eigenvalue weighted by atomic mass is 16.9. The zero-order valence-electron chi connectivity index (χ0n) is 17.1. The molecule has 0 amide bonds. The third kappa shape index (κ3) is 2.46. The summed E-state index contributed by atoms with van der Waals surface area (Å²) < 4.78 is 12.9. The van der Waals surface area contributed by atoms with Crippen LogP contribution in [0.3, 0.4) is 0 Å². The van der Waals surface area contributed by atoms with Crippen LogP contribution in [-0.4, -0.2) is 45.9 Å². The topological polar surface area (TPSA) is 46.3 Å². The van der Waals surface area contributed by atoms with Gasteiger partial charge in [0.2, 0.25) is 0 Å². The van der Waals surface area contributed by atoms with Gasteiger partial charge in [-0.15, -0.1) is 0 Å². The van der Waals surface area contributed by atoms with Crippen LogP contribution in [0, 0.1) is 5.92 Å². The molecule has 2 spiro atoms. The molecule has 5 heteroatoms. The van der Waals surface area contributed by atoms with Gasteiger partial charge in [-0.05, 0) is 67.2 Å². The monoisotopic (exact) mass is 352 g/mol. The van der Waals surface area contributed by atoms with Crippen molar-refractivity contribution in [1.29, 1.82) is 0 Å². The molecule has 0 radical (unpaired) electrons. The maximum atomic E-state index is 6.66. The van der Waals surface area contributed by atoms with Crippen molar-refractivity contribution < 1.29 is 14.3 Å². The number of hydrogen-bond acceptors (Lipinski definition) is 5. The number of nitrogens with one attached hydrogen (secondary N) is 1. The molecular weight excluding hydrogens is 316 g/mol. The summed E-state index contributed by atoms with van der Waals surface area (Å²) >= 11 is 0. The molecule has 0 aromatic carbocycles. The lowest BCUT2D eigenvalue weighted by Crippen LogP contribution is -2.61. The summed E-state index contributed by atoms with van der Waals surface area (Å²) in [6.07, 6.45) is 6.47. The average Bonchev–Trinajstić information content (AvgIpc) is 2.80. The number of epoxide rings is 1. The van der Waals surface area contributed by atoms with Crippen LogP contribution < -0.4 is 5.32 Å². The molecule has 5 nitrogen and oxygen atoms in total. The van der Waals surface area contributed by atoms with Crippen LogP contribution in [0.1, 0.15) is 80.6 Å². The van der Waals surface area contributed by atoms with Crippen LogP contribution in [0.5, 0.6) is 0 Å². The highest BCUT2D eigenvalue weighted by Gasteiger charge is 2.87. The van der Waals surface area contributed by atoms with Crippen LogP contribution in [-0.2, 0) is 14.3 Å². The van der Waals surface area contributed by atoms with Gasteiger partial charge in [0.25, 0.3) is 5.91 Å². The summed E-state index contributed by atoms with van der Waals surface area (Å²) in [7, 11) is 0. The fourth-order valence-corrected chi connectivity index (χ4v) is 5.46. The molecule has 1 saturated carbocycles. The molecule has 0 aromatic heterocycles. The molecule has 4 rings (SSSR count). The number of rotatable bonds is 1. The lowest BCUT2D eigenvalue weighted by Gasteiger charge is -2.40. The lowest BCUT2D eigenvalue weighted by atomic mass is 9.73. The number of hydroxylamine groups is 2. The van der Waals surface area contributed by atoms with Crippen LogP contribution in [0.2, 0.25) is 0 Å². The minimum absolute atomic E-state index is 0.113. The largest absolute Gasteiger partial charge is 0.354 e. The van der Waals surface area contributed by atoms with E-state index in [0.29, 0.717) is 12.5 Å². The molecule has 1 aliphatic carbocycles. The van der Waals surface area contributed by atoms with Gasteiger partial charge < -0.3 is 9.47 Å². The molecule has 0 aromatic rings. The second kappa shape index (κ2) is 5.20. The molecular formula is C20H36N2O3. The first kappa shape index (κ1) is 18.2. The van der Waals surface area contributed by atoms with Gasteiger partial charge in [-0.3, -0.25) is 5.32 Å². The van der Waals surface area contributed by atoms with Crippen molar-refractivity contribution in [3.05, 3.63) is 0 Å². The van der Waals surface area contributed by atoms with E-state index >= 15 is 0 Å². The Morgan fingerprint density at radius 1 is 1.00 bits per heavy atom. The summed E-state index contributed by atoms with van der Waals surface area (Å²) in [6, 6.07) is 0.212. The molecule has 3 atom stereocenters. The molecule has 25 heavy (non-hydrogen) atoms. The summed E-state index contributed by atoms with van der Waals surface area (Å²) in [5.41, 5.74) is -0.954. The zero-order valence-corrected chi connectivity index (χ0v) is 17.1. The minimum Gasteiger partial charge on any atom is -0.354 e. The zero-order chi connectivity index (χ0) is 18.3. The first-order valence-corrected chi connectivity index (χ1v) is 10.1. The Kier molecular flexibility index (Phi) is 3.78. The van der Waals surface area contributed by atoms with Crippen LogP contribution >= 0.6 is 0 Å². The Balaban J connectivity index is 1.79. The van der Waals surface area contributed by atoms with Crippen molar-refractivity contribution in [3.8, 4) is 0 Å². The van der Waals surface area contributed by atoms with Crippen molar-refractivity contribution >= 4 is 0 Å². The Hall–Kier alpha value is -0.200. The maximum Gasteiger partial charge on any atom is 0.280 e. The number of fused-ring (bicyclic) bond motifs is 1. The normalized spacial score (nSPS) is 44.0. The highest BCUT2D eigenvalue weighted by Crippen LogP contribution is 2.66. The third-order valence-electron chi connectivity index (χ3n) is 6.55. The number of nitrogens with zero attached hydrogens (tertiary/aromatic N) is 1. The van der Waals surface area contributed by atoms with Crippen molar-refractivity contribution in [3.63, 3.8) is 0 Å². The molecule has 3 heterocycles. The summed E-state index contributed by atoms with van der Waals surface area (Å²) in [5.74, 6) is -0.293. The van der Waals surface area contributed by atoms with Crippen molar-refractivity contribution in [2.24, 2.45) is 5.92 Å². The van der Waals surface area contributed by atoms with Crippen molar-refractivity contribution in [2.45, 2.75) is 115 Å². The van der Waals surface area contributed by atoms with Crippen LogP contribution in [0.15, 0.2) is 0 Å². The average molecular weight is 353 g/mol. The lowest BCUT2D eigenvalue weighted by molar-refractivity contribution is -0.330. The van der Waals surface area contributed by atoms with Gasteiger partial charge in [0.15, 0.2) is 5.60 Å². The van der Waals surface area contributed by atoms with Gasteiger partial charge in [-0.2, -0.15) is 5.06 Å². The van der Waals surface area contributed by atoms with Crippen LogP contribution in [0.25, 0.3) is 0 Å². The van der Waals surface area contributed by atoms with E-state index in [0.717, 1.165) is 0 Å². The van der Waals surface area contributed by atoms with E-state index in [4.69, 9.17) is 14.3 Å². The third-order valence-corrected chi connectivity index (χ3v) is 6.55.